The van der Waals surface area contributed by atoms with Crippen LogP contribution in [0.3, 0.4) is 0 Å². The molecule has 7 heteroatoms. The molecular formula is C10H11NO5S. The zero-order valence-electron chi connectivity index (χ0n) is 9.08. The van der Waals surface area contributed by atoms with E-state index in [1.165, 1.54) is 30.1 Å². The number of fused-ring (bicyclic) bond motifs is 1. The first-order chi connectivity index (χ1) is 7.89. The fourth-order valence-electron chi connectivity index (χ4n) is 1.59. The van der Waals surface area contributed by atoms with E-state index in [0.29, 0.717) is 11.4 Å². The van der Waals surface area contributed by atoms with Gasteiger partial charge in [0.25, 0.3) is 10.1 Å². The van der Waals surface area contributed by atoms with Gasteiger partial charge in [-0.1, -0.05) is 0 Å². The summed E-state index contributed by atoms with van der Waals surface area (Å²) in [6.07, 6.45) is 0.229. The zero-order valence-corrected chi connectivity index (χ0v) is 9.90. The number of anilines is 1. The van der Waals surface area contributed by atoms with E-state index >= 15 is 0 Å². The second-order valence-electron chi connectivity index (χ2n) is 3.66. The number of hydrogen-bond acceptors (Lipinski definition) is 4. The van der Waals surface area contributed by atoms with Crippen molar-refractivity contribution in [2.24, 2.45) is 0 Å². The molecule has 0 atom stereocenters. The summed E-state index contributed by atoms with van der Waals surface area (Å²) in [7, 11) is -2.75. The van der Waals surface area contributed by atoms with Crippen molar-refractivity contribution in [3.05, 3.63) is 18.2 Å². The Bertz CT molecular complexity index is 566. The highest BCUT2D eigenvalue weighted by Gasteiger charge is 2.22. The Kier molecular flexibility index (Phi) is 2.80. The topological polar surface area (TPSA) is 83.9 Å². The van der Waals surface area contributed by atoms with Crippen LogP contribution in [-0.2, 0) is 14.9 Å². The summed E-state index contributed by atoms with van der Waals surface area (Å²) < 4.78 is 36.3. The zero-order chi connectivity index (χ0) is 12.6. The molecule has 6 nitrogen and oxygen atoms in total. The molecule has 0 bridgehead atoms. The number of nitrogens with zero attached hydrogens (tertiary/aromatic N) is 1. The third kappa shape index (κ3) is 2.25. The number of rotatable bonds is 1. The molecular weight excluding hydrogens is 246 g/mol. The predicted octanol–water partition coefficient (Wildman–Crippen LogP) is 0.679. The molecule has 0 fully saturated rings. The van der Waals surface area contributed by atoms with Crippen molar-refractivity contribution in [2.45, 2.75) is 11.3 Å². The molecule has 0 aromatic heterocycles. The summed E-state index contributed by atoms with van der Waals surface area (Å²) >= 11 is 0. The molecule has 1 aromatic carbocycles. The normalized spacial score (nSPS) is 16.1. The van der Waals surface area contributed by atoms with Gasteiger partial charge in [0.2, 0.25) is 5.91 Å². The molecule has 0 aliphatic carbocycles. The average Bonchev–Trinajstić information content (AvgIpc) is 2.39. The van der Waals surface area contributed by atoms with Crippen LogP contribution in [0.1, 0.15) is 6.42 Å². The van der Waals surface area contributed by atoms with Crippen molar-refractivity contribution in [1.82, 2.24) is 0 Å². The minimum absolute atomic E-state index is 0.170. The van der Waals surface area contributed by atoms with Gasteiger partial charge in [-0.15, -0.1) is 0 Å². The summed E-state index contributed by atoms with van der Waals surface area (Å²) in [5, 5.41) is 0. The van der Waals surface area contributed by atoms with Crippen molar-refractivity contribution in [3.63, 3.8) is 0 Å². The number of benzene rings is 1. The first kappa shape index (κ1) is 11.9. The Hall–Kier alpha value is -1.60. The Balaban J connectivity index is 2.57. The van der Waals surface area contributed by atoms with Crippen LogP contribution in [0.15, 0.2) is 23.1 Å². The molecule has 1 aliphatic heterocycles. The molecule has 1 amide bonds. The van der Waals surface area contributed by atoms with Crippen LogP contribution in [0.25, 0.3) is 0 Å². The lowest BCUT2D eigenvalue weighted by molar-refractivity contribution is -0.118. The third-order valence-electron chi connectivity index (χ3n) is 2.54. The van der Waals surface area contributed by atoms with Gasteiger partial charge in [-0.25, -0.2) is 0 Å². The van der Waals surface area contributed by atoms with E-state index in [2.05, 4.69) is 0 Å². The van der Waals surface area contributed by atoms with Gasteiger partial charge >= 0.3 is 0 Å². The number of amides is 1. The van der Waals surface area contributed by atoms with Gasteiger partial charge < -0.3 is 9.64 Å². The number of hydrogen-bond donors (Lipinski definition) is 1. The lowest BCUT2D eigenvalue weighted by atomic mass is 10.2. The standard InChI is InChI=1S/C10H11NO5S/c1-11-8-6-7(17(13,14)15)2-3-9(8)16-5-4-10(11)12/h2-3,6H,4-5H2,1H3,(H,13,14,15). The van der Waals surface area contributed by atoms with Crippen molar-refractivity contribution in [2.75, 3.05) is 18.6 Å². The van der Waals surface area contributed by atoms with Crippen molar-refractivity contribution in [1.29, 1.82) is 0 Å². The highest BCUT2D eigenvalue weighted by molar-refractivity contribution is 7.85. The number of carbonyl (C=O) groups is 1. The lowest BCUT2D eigenvalue weighted by Gasteiger charge is -2.16. The molecule has 1 heterocycles. The number of ether oxygens (including phenoxy) is 1. The van der Waals surface area contributed by atoms with Crippen LogP contribution in [0, 0.1) is 0 Å². The van der Waals surface area contributed by atoms with E-state index in [0.717, 1.165) is 0 Å². The van der Waals surface area contributed by atoms with Crippen molar-refractivity contribution < 1.29 is 22.5 Å². The van der Waals surface area contributed by atoms with E-state index in [-0.39, 0.29) is 23.8 Å². The van der Waals surface area contributed by atoms with Crippen LogP contribution < -0.4 is 9.64 Å². The van der Waals surface area contributed by atoms with Gasteiger partial charge in [0.05, 0.1) is 23.6 Å². The highest BCUT2D eigenvalue weighted by atomic mass is 32.2. The molecule has 1 aromatic rings. The molecule has 1 aliphatic rings. The molecule has 1 N–H and O–H groups in total. The van der Waals surface area contributed by atoms with E-state index in [9.17, 15) is 13.2 Å². The quantitative estimate of drug-likeness (QED) is 0.748. The van der Waals surface area contributed by atoms with Gasteiger partial charge in [0.1, 0.15) is 5.75 Å². The van der Waals surface area contributed by atoms with Crippen LogP contribution in [0.2, 0.25) is 0 Å². The molecule has 0 saturated carbocycles. The second-order valence-corrected chi connectivity index (χ2v) is 5.08. The van der Waals surface area contributed by atoms with Gasteiger partial charge in [-0.05, 0) is 18.2 Å². The molecule has 0 radical (unpaired) electrons. The minimum atomic E-state index is -4.28. The molecule has 17 heavy (non-hydrogen) atoms. The maximum Gasteiger partial charge on any atom is 0.294 e. The Morgan fingerprint density at radius 3 is 2.76 bits per heavy atom. The molecule has 0 spiro atoms. The van der Waals surface area contributed by atoms with E-state index in [1.807, 2.05) is 0 Å². The first-order valence-corrected chi connectivity index (χ1v) is 6.34. The Labute approximate surface area is 98.5 Å². The SMILES string of the molecule is CN1C(=O)CCOc2ccc(S(=O)(=O)O)cc21. The van der Waals surface area contributed by atoms with E-state index in [4.69, 9.17) is 9.29 Å². The predicted molar refractivity (Wildman–Crippen MR) is 59.8 cm³/mol. The third-order valence-corrected chi connectivity index (χ3v) is 3.39. The molecule has 92 valence electrons. The summed E-state index contributed by atoms with van der Waals surface area (Å²) in [6.45, 7) is 0.251. The maximum atomic E-state index is 11.6. The summed E-state index contributed by atoms with van der Waals surface area (Å²) in [5.74, 6) is 0.252. The second kappa shape index (κ2) is 4.01. The smallest absolute Gasteiger partial charge is 0.294 e. The molecule has 2 rings (SSSR count). The molecule has 0 saturated heterocycles. The van der Waals surface area contributed by atoms with Crippen LogP contribution >= 0.6 is 0 Å². The van der Waals surface area contributed by atoms with Crippen LogP contribution in [0.5, 0.6) is 5.75 Å². The average molecular weight is 257 g/mol. The summed E-state index contributed by atoms with van der Waals surface area (Å²) in [4.78, 5) is 12.6. The first-order valence-electron chi connectivity index (χ1n) is 4.90. The Morgan fingerprint density at radius 2 is 2.12 bits per heavy atom. The fourth-order valence-corrected chi connectivity index (χ4v) is 2.09. The molecule has 0 unspecified atom stereocenters. The number of carbonyl (C=O) groups excluding carboxylic acids is 1. The van der Waals surface area contributed by atoms with Gasteiger partial charge in [0, 0.05) is 7.05 Å². The highest BCUT2D eigenvalue weighted by Crippen LogP contribution is 2.32. The summed E-state index contributed by atoms with van der Waals surface area (Å²) in [6, 6.07) is 3.87. The Morgan fingerprint density at radius 1 is 1.41 bits per heavy atom. The van der Waals surface area contributed by atoms with E-state index < -0.39 is 10.1 Å². The van der Waals surface area contributed by atoms with Gasteiger partial charge in [-0.2, -0.15) is 8.42 Å². The lowest BCUT2D eigenvalue weighted by Crippen LogP contribution is -2.25. The van der Waals surface area contributed by atoms with Crippen molar-refractivity contribution >= 4 is 21.7 Å². The van der Waals surface area contributed by atoms with Crippen LogP contribution in [0.4, 0.5) is 5.69 Å². The van der Waals surface area contributed by atoms with Gasteiger partial charge in [-0.3, -0.25) is 9.35 Å². The summed E-state index contributed by atoms with van der Waals surface area (Å²) in [5.41, 5.74) is 0.336. The minimum Gasteiger partial charge on any atom is -0.491 e. The van der Waals surface area contributed by atoms with Crippen LogP contribution in [-0.4, -0.2) is 32.5 Å². The van der Waals surface area contributed by atoms with E-state index in [1.54, 1.807) is 0 Å². The largest absolute Gasteiger partial charge is 0.491 e. The van der Waals surface area contributed by atoms with Crippen molar-refractivity contribution in [3.8, 4) is 5.75 Å². The maximum absolute atomic E-state index is 11.6. The van der Waals surface area contributed by atoms with Gasteiger partial charge in [0.15, 0.2) is 0 Å². The fraction of sp³-hybridized carbons (Fsp3) is 0.300. The monoisotopic (exact) mass is 257 g/mol.